The molecule has 2 aliphatic carbocycles. The van der Waals surface area contributed by atoms with Crippen LogP contribution in [-0.2, 0) is 4.79 Å². The average Bonchev–Trinajstić information content (AvgIpc) is 3.26. The highest BCUT2D eigenvalue weighted by Crippen LogP contribution is 2.43. The number of carbonyl (C=O) groups is 2. The van der Waals surface area contributed by atoms with Gasteiger partial charge in [-0.05, 0) is 37.9 Å². The topological polar surface area (TPSA) is 81.7 Å². The molecule has 0 aromatic heterocycles. The Kier molecular flexibility index (Phi) is 5.41. The fourth-order valence-corrected chi connectivity index (χ4v) is 3.61. The number of carbonyl (C=O) groups excluding carboxylic acids is 1. The van der Waals surface area contributed by atoms with Gasteiger partial charge in [-0.2, -0.15) is 0 Å². The van der Waals surface area contributed by atoms with Crippen molar-refractivity contribution >= 4 is 12.0 Å². The van der Waals surface area contributed by atoms with Gasteiger partial charge in [-0.25, -0.2) is 13.6 Å². The van der Waals surface area contributed by atoms with Crippen molar-refractivity contribution < 1.29 is 23.5 Å². The summed E-state index contributed by atoms with van der Waals surface area (Å²) < 4.78 is 27.5. The summed E-state index contributed by atoms with van der Waals surface area (Å²) in [5, 5.41) is 14.5. The first-order valence-electron chi connectivity index (χ1n) is 8.85. The summed E-state index contributed by atoms with van der Waals surface area (Å²) in [5.74, 6) is -2.36. The predicted octanol–water partition coefficient (Wildman–Crippen LogP) is 2.06. The van der Waals surface area contributed by atoms with Gasteiger partial charge in [0.15, 0.2) is 0 Å². The van der Waals surface area contributed by atoms with Gasteiger partial charge in [0.05, 0.1) is 6.54 Å². The van der Waals surface area contributed by atoms with Crippen molar-refractivity contribution in [1.29, 1.82) is 0 Å². The largest absolute Gasteiger partial charge is 0.480 e. The number of hydrogen-bond donors (Lipinski definition) is 3. The Morgan fingerprint density at radius 3 is 2.42 bits per heavy atom. The lowest BCUT2D eigenvalue weighted by atomic mass is 9.85. The van der Waals surface area contributed by atoms with Gasteiger partial charge < -0.3 is 15.7 Å². The van der Waals surface area contributed by atoms with Crippen LogP contribution in [0.5, 0.6) is 0 Å². The van der Waals surface area contributed by atoms with Crippen LogP contribution in [0.3, 0.4) is 0 Å². The third kappa shape index (κ3) is 4.12. The summed E-state index contributed by atoms with van der Waals surface area (Å²) in [4.78, 5) is 24.7. The number of nitrogens with zero attached hydrogens (tertiary/aromatic N) is 1. The first kappa shape index (κ1) is 18.6. The molecule has 0 spiro atoms. The lowest BCUT2D eigenvalue weighted by molar-refractivity contribution is -0.139. The number of benzene rings is 1. The molecule has 2 saturated carbocycles. The summed E-state index contributed by atoms with van der Waals surface area (Å²) in [6.07, 6.45) is 1.91. The van der Waals surface area contributed by atoms with E-state index in [2.05, 4.69) is 10.6 Å². The normalized spacial score (nSPS) is 26.9. The first-order chi connectivity index (χ1) is 12.4. The average molecular weight is 367 g/mol. The van der Waals surface area contributed by atoms with E-state index in [9.17, 15) is 18.4 Å². The second-order valence-electron chi connectivity index (χ2n) is 6.98. The van der Waals surface area contributed by atoms with Gasteiger partial charge in [-0.3, -0.25) is 9.69 Å². The van der Waals surface area contributed by atoms with E-state index >= 15 is 0 Å². The minimum atomic E-state index is -0.860. The van der Waals surface area contributed by atoms with Crippen LogP contribution < -0.4 is 10.6 Å². The van der Waals surface area contributed by atoms with Crippen LogP contribution in [0.1, 0.15) is 37.7 Å². The molecule has 2 aliphatic rings. The quantitative estimate of drug-likeness (QED) is 0.689. The highest BCUT2D eigenvalue weighted by molar-refractivity contribution is 5.75. The molecule has 0 unspecified atom stereocenters. The Hall–Kier alpha value is -2.22. The van der Waals surface area contributed by atoms with Crippen molar-refractivity contribution in [2.45, 2.75) is 50.2 Å². The number of hydrogen-bond acceptors (Lipinski definition) is 3. The fourth-order valence-electron chi connectivity index (χ4n) is 3.61. The fraction of sp³-hybridized carbons (Fsp3) is 0.556. The maximum absolute atomic E-state index is 13.8. The lowest BCUT2D eigenvalue weighted by Crippen LogP contribution is -2.56. The Balaban J connectivity index is 1.42. The zero-order valence-corrected chi connectivity index (χ0v) is 14.5. The van der Waals surface area contributed by atoms with Gasteiger partial charge in [0.25, 0.3) is 0 Å². The van der Waals surface area contributed by atoms with Crippen molar-refractivity contribution in [3.05, 3.63) is 35.4 Å². The molecule has 142 valence electrons. The highest BCUT2D eigenvalue weighted by atomic mass is 19.1. The van der Waals surface area contributed by atoms with Gasteiger partial charge >= 0.3 is 12.0 Å². The molecule has 0 aliphatic heterocycles. The monoisotopic (exact) mass is 367 g/mol. The van der Waals surface area contributed by atoms with Crippen LogP contribution in [0.15, 0.2) is 18.2 Å². The van der Waals surface area contributed by atoms with Crippen molar-refractivity contribution in [2.75, 3.05) is 13.1 Å². The van der Waals surface area contributed by atoms with E-state index in [0.717, 1.165) is 0 Å². The Morgan fingerprint density at radius 2 is 1.85 bits per heavy atom. The molecule has 2 amide bonds. The van der Waals surface area contributed by atoms with E-state index < -0.39 is 17.6 Å². The van der Waals surface area contributed by atoms with Crippen molar-refractivity contribution in [1.82, 2.24) is 15.5 Å². The molecular formula is C18H23F2N3O3. The van der Waals surface area contributed by atoms with Crippen molar-refractivity contribution in [3.8, 4) is 0 Å². The van der Waals surface area contributed by atoms with E-state index in [-0.39, 0.29) is 42.2 Å². The van der Waals surface area contributed by atoms with Crippen LogP contribution in [0.25, 0.3) is 0 Å². The van der Waals surface area contributed by atoms with E-state index in [4.69, 9.17) is 5.11 Å². The van der Waals surface area contributed by atoms with Crippen LogP contribution in [0.2, 0.25) is 0 Å². The zero-order chi connectivity index (χ0) is 18.8. The summed E-state index contributed by atoms with van der Waals surface area (Å²) in [7, 11) is 0. The molecular weight excluding hydrogens is 344 g/mol. The van der Waals surface area contributed by atoms with Crippen LogP contribution >= 0.6 is 0 Å². The number of carboxylic acids is 1. The summed E-state index contributed by atoms with van der Waals surface area (Å²) in [6.45, 7) is 2.55. The molecule has 26 heavy (non-hydrogen) atoms. The van der Waals surface area contributed by atoms with E-state index in [1.165, 1.54) is 18.2 Å². The Labute approximate surface area is 150 Å². The third-order valence-electron chi connectivity index (χ3n) is 5.19. The summed E-state index contributed by atoms with van der Waals surface area (Å²) in [6, 6.07) is 3.30. The van der Waals surface area contributed by atoms with E-state index in [1.807, 2.05) is 11.8 Å². The third-order valence-corrected chi connectivity index (χ3v) is 5.19. The van der Waals surface area contributed by atoms with Gasteiger partial charge in [-0.1, -0.05) is 13.0 Å². The number of aliphatic carboxylic acids is 1. The van der Waals surface area contributed by atoms with Crippen molar-refractivity contribution in [2.24, 2.45) is 0 Å². The molecule has 2 fully saturated rings. The summed E-state index contributed by atoms with van der Waals surface area (Å²) >= 11 is 0. The second kappa shape index (κ2) is 7.57. The number of nitrogens with one attached hydrogen (secondary N) is 2. The van der Waals surface area contributed by atoms with Gasteiger partial charge in [-0.15, -0.1) is 0 Å². The maximum Gasteiger partial charge on any atom is 0.317 e. The minimum absolute atomic E-state index is 0.00194. The molecule has 0 bridgehead atoms. The molecule has 8 heteroatoms. The molecule has 3 rings (SSSR count). The number of carboxylic acid groups (broad SMARTS) is 1. The first-order valence-corrected chi connectivity index (χ1v) is 8.85. The number of rotatable bonds is 7. The number of urea groups is 1. The second-order valence-corrected chi connectivity index (χ2v) is 6.98. The number of likely N-dealkylation sites (N-methyl/N-ethyl adjacent to an activating group) is 1. The molecule has 3 N–H and O–H groups in total. The number of amides is 2. The standard InChI is InChI=1S/C18H23F2N3O3/c1-2-23(9-16(24)25)11-6-10(7-11)21-18(26)22-15-8-12(15)17-13(19)4-3-5-14(17)20/h3-5,10-12,15H,2,6-9H2,1H3,(H,24,25)(H2,21,22,26)/t10?,11?,12-,15-/m1/s1. The van der Waals surface area contributed by atoms with Gasteiger partial charge in [0.1, 0.15) is 11.6 Å². The molecule has 0 heterocycles. The maximum atomic E-state index is 13.8. The molecule has 0 radical (unpaired) electrons. The molecule has 2 atom stereocenters. The van der Waals surface area contributed by atoms with Crippen LogP contribution in [0.4, 0.5) is 13.6 Å². The van der Waals surface area contributed by atoms with Crippen molar-refractivity contribution in [3.63, 3.8) is 0 Å². The Bertz CT molecular complexity index is 674. The van der Waals surface area contributed by atoms with Crippen LogP contribution in [-0.4, -0.2) is 53.2 Å². The van der Waals surface area contributed by atoms with E-state index in [0.29, 0.717) is 25.8 Å². The van der Waals surface area contributed by atoms with E-state index in [1.54, 1.807) is 0 Å². The Morgan fingerprint density at radius 1 is 1.19 bits per heavy atom. The molecule has 1 aromatic carbocycles. The molecule has 1 aromatic rings. The lowest BCUT2D eigenvalue weighted by Gasteiger charge is -2.42. The SMILES string of the molecule is CCN(CC(=O)O)C1CC(NC(=O)N[C@@H]2C[C@H]2c2c(F)cccc2F)C1. The highest BCUT2D eigenvalue weighted by Gasteiger charge is 2.43. The minimum Gasteiger partial charge on any atom is -0.480 e. The summed E-state index contributed by atoms with van der Waals surface area (Å²) in [5.41, 5.74) is 0.0359. The van der Waals surface area contributed by atoms with Gasteiger partial charge in [0.2, 0.25) is 0 Å². The smallest absolute Gasteiger partial charge is 0.317 e. The van der Waals surface area contributed by atoms with Crippen LogP contribution in [0, 0.1) is 11.6 Å². The molecule has 0 saturated heterocycles. The number of halogens is 2. The van der Waals surface area contributed by atoms with Gasteiger partial charge in [0, 0.05) is 29.6 Å². The zero-order valence-electron chi connectivity index (χ0n) is 14.5. The molecule has 6 nitrogen and oxygen atoms in total. The predicted molar refractivity (Wildman–Crippen MR) is 90.9 cm³/mol.